The first-order valence-electron chi connectivity index (χ1n) is 6.60. The topological polar surface area (TPSA) is 86.9 Å². The number of H-pyrrole nitrogens is 1. The predicted octanol–water partition coefficient (Wildman–Crippen LogP) is 1.03. The summed E-state index contributed by atoms with van der Waals surface area (Å²) >= 11 is 0. The molecule has 0 bridgehead atoms. The molecular formula is C11H15F3N4O2S. The zero-order valence-corrected chi connectivity index (χ0v) is 11.8. The molecule has 0 atom stereocenters. The standard InChI is InChI=1S/C11H15F3N4O2S/c12-11(13,14)10(3-4-10)18-21(19,20)9-7(6-16-17-9)5-15-8-1-2-8/h6,8,15,18H,1-5H2,(H,16,17). The van der Waals surface area contributed by atoms with E-state index in [1.807, 2.05) is 0 Å². The first kappa shape index (κ1) is 14.8. The molecule has 10 heteroatoms. The van der Waals surface area contributed by atoms with Crippen molar-refractivity contribution in [3.63, 3.8) is 0 Å². The number of halogens is 3. The van der Waals surface area contributed by atoms with Gasteiger partial charge in [-0.15, -0.1) is 0 Å². The summed E-state index contributed by atoms with van der Waals surface area (Å²) in [4.78, 5) is 0. The summed E-state index contributed by atoms with van der Waals surface area (Å²) in [6, 6.07) is 0.355. The van der Waals surface area contributed by atoms with E-state index in [9.17, 15) is 21.6 Å². The third-order valence-electron chi connectivity index (χ3n) is 3.73. The molecule has 1 aromatic rings. The van der Waals surface area contributed by atoms with Crippen molar-refractivity contribution < 1.29 is 21.6 Å². The Morgan fingerprint density at radius 2 is 2.05 bits per heavy atom. The van der Waals surface area contributed by atoms with E-state index in [4.69, 9.17) is 0 Å². The van der Waals surface area contributed by atoms with Crippen molar-refractivity contribution in [1.82, 2.24) is 20.2 Å². The molecule has 0 amide bonds. The Balaban J connectivity index is 1.77. The second kappa shape index (κ2) is 4.68. The number of aromatic nitrogens is 2. The molecule has 2 aliphatic rings. The van der Waals surface area contributed by atoms with Crippen LogP contribution in [0.5, 0.6) is 0 Å². The van der Waals surface area contributed by atoms with Gasteiger partial charge in [0.2, 0.25) is 0 Å². The minimum Gasteiger partial charge on any atom is -0.310 e. The van der Waals surface area contributed by atoms with Crippen molar-refractivity contribution in [3.05, 3.63) is 11.8 Å². The van der Waals surface area contributed by atoms with Gasteiger partial charge in [-0.25, -0.2) is 8.42 Å². The molecule has 0 radical (unpaired) electrons. The Morgan fingerprint density at radius 3 is 2.57 bits per heavy atom. The van der Waals surface area contributed by atoms with Gasteiger partial charge in [0, 0.05) is 18.2 Å². The minimum absolute atomic E-state index is 0.237. The van der Waals surface area contributed by atoms with Crippen LogP contribution in [0.4, 0.5) is 13.2 Å². The third kappa shape index (κ3) is 2.92. The van der Waals surface area contributed by atoms with Crippen LogP contribution in [0, 0.1) is 0 Å². The molecule has 6 nitrogen and oxygen atoms in total. The molecule has 2 aliphatic carbocycles. The summed E-state index contributed by atoms with van der Waals surface area (Å²) in [5.41, 5.74) is -1.98. The van der Waals surface area contributed by atoms with Gasteiger partial charge in [0.1, 0.15) is 5.54 Å². The number of sulfonamides is 1. The number of alkyl halides is 3. The number of hydrogen-bond acceptors (Lipinski definition) is 4. The second-order valence-electron chi connectivity index (χ2n) is 5.56. The number of nitrogens with one attached hydrogen (secondary N) is 3. The van der Waals surface area contributed by atoms with Crippen molar-refractivity contribution in [2.45, 2.75) is 55.0 Å². The van der Waals surface area contributed by atoms with Gasteiger partial charge in [0.15, 0.2) is 5.03 Å². The minimum atomic E-state index is -4.59. The van der Waals surface area contributed by atoms with E-state index in [0.717, 1.165) is 12.8 Å². The van der Waals surface area contributed by atoms with Crippen LogP contribution < -0.4 is 10.0 Å². The maximum atomic E-state index is 12.9. The lowest BCUT2D eigenvalue weighted by Crippen LogP contribution is -2.48. The Labute approximate surface area is 119 Å². The number of hydrogen-bond donors (Lipinski definition) is 3. The summed E-state index contributed by atoms with van der Waals surface area (Å²) in [6.45, 7) is 0.260. The first-order chi connectivity index (χ1) is 9.74. The fourth-order valence-electron chi connectivity index (χ4n) is 2.08. The highest BCUT2D eigenvalue weighted by atomic mass is 32.2. The maximum absolute atomic E-state index is 12.9. The molecule has 0 saturated heterocycles. The monoisotopic (exact) mass is 324 g/mol. The predicted molar refractivity (Wildman–Crippen MR) is 66.8 cm³/mol. The molecule has 21 heavy (non-hydrogen) atoms. The van der Waals surface area contributed by atoms with Crippen LogP contribution >= 0.6 is 0 Å². The molecule has 3 N–H and O–H groups in total. The molecule has 1 heterocycles. The number of aromatic amines is 1. The van der Waals surface area contributed by atoms with Crippen LogP contribution in [0.3, 0.4) is 0 Å². The lowest BCUT2D eigenvalue weighted by atomic mass is 10.3. The molecule has 0 aromatic carbocycles. The summed E-state index contributed by atoms with van der Waals surface area (Å²) in [7, 11) is -4.28. The van der Waals surface area contributed by atoms with Crippen LogP contribution in [-0.2, 0) is 16.6 Å². The van der Waals surface area contributed by atoms with Gasteiger partial charge in [-0.1, -0.05) is 0 Å². The molecule has 2 saturated carbocycles. The molecule has 2 fully saturated rings. The average molecular weight is 324 g/mol. The van der Waals surface area contributed by atoms with E-state index >= 15 is 0 Å². The van der Waals surface area contributed by atoms with E-state index in [0.29, 0.717) is 11.6 Å². The second-order valence-corrected chi connectivity index (χ2v) is 7.18. The van der Waals surface area contributed by atoms with Gasteiger partial charge in [0.05, 0.1) is 6.20 Å². The summed E-state index contributed by atoms with van der Waals surface area (Å²) < 4.78 is 64.7. The van der Waals surface area contributed by atoms with E-state index < -0.39 is 21.7 Å². The highest BCUT2D eigenvalue weighted by molar-refractivity contribution is 7.89. The number of rotatable bonds is 6. The summed E-state index contributed by atoms with van der Waals surface area (Å²) in [5, 5.41) is 8.72. The van der Waals surface area contributed by atoms with Crippen LogP contribution in [0.2, 0.25) is 0 Å². The lowest BCUT2D eigenvalue weighted by Gasteiger charge is -2.20. The van der Waals surface area contributed by atoms with Crippen LogP contribution in [-0.4, -0.2) is 36.4 Å². The molecule has 3 rings (SSSR count). The van der Waals surface area contributed by atoms with Gasteiger partial charge < -0.3 is 5.32 Å². The zero-order chi connectivity index (χ0) is 15.3. The van der Waals surface area contributed by atoms with Gasteiger partial charge >= 0.3 is 6.18 Å². The maximum Gasteiger partial charge on any atom is 0.407 e. The Morgan fingerprint density at radius 1 is 1.38 bits per heavy atom. The van der Waals surface area contributed by atoms with Crippen LogP contribution in [0.1, 0.15) is 31.2 Å². The van der Waals surface area contributed by atoms with Crippen molar-refractivity contribution >= 4 is 10.0 Å². The normalized spacial score (nSPS) is 21.5. The van der Waals surface area contributed by atoms with E-state index in [2.05, 4.69) is 15.5 Å². The fourth-order valence-corrected chi connectivity index (χ4v) is 3.66. The van der Waals surface area contributed by atoms with Crippen LogP contribution in [0.15, 0.2) is 11.2 Å². The zero-order valence-electron chi connectivity index (χ0n) is 11.0. The Bertz CT molecular complexity index is 632. The smallest absolute Gasteiger partial charge is 0.310 e. The molecule has 118 valence electrons. The van der Waals surface area contributed by atoms with Crippen LogP contribution in [0.25, 0.3) is 0 Å². The third-order valence-corrected chi connectivity index (χ3v) is 5.28. The molecular weight excluding hydrogens is 309 g/mol. The van der Waals surface area contributed by atoms with E-state index in [-0.39, 0.29) is 24.4 Å². The summed E-state index contributed by atoms with van der Waals surface area (Å²) in [5.74, 6) is 0. The molecule has 0 aliphatic heterocycles. The largest absolute Gasteiger partial charge is 0.407 e. The van der Waals surface area contributed by atoms with Gasteiger partial charge in [-0.2, -0.15) is 23.0 Å². The van der Waals surface area contributed by atoms with Crippen molar-refractivity contribution in [1.29, 1.82) is 0 Å². The van der Waals surface area contributed by atoms with Crippen molar-refractivity contribution in [2.75, 3.05) is 0 Å². The highest BCUT2D eigenvalue weighted by Crippen LogP contribution is 2.49. The quantitative estimate of drug-likeness (QED) is 0.729. The first-order valence-corrected chi connectivity index (χ1v) is 8.08. The van der Waals surface area contributed by atoms with Gasteiger partial charge in [-0.3, -0.25) is 5.10 Å². The van der Waals surface area contributed by atoms with Gasteiger partial charge in [-0.05, 0) is 25.7 Å². The van der Waals surface area contributed by atoms with E-state index in [1.54, 1.807) is 4.72 Å². The SMILES string of the molecule is O=S(=O)(NC1(C(F)(F)F)CC1)c1[nH]ncc1CNC1CC1. The highest BCUT2D eigenvalue weighted by Gasteiger charge is 2.65. The van der Waals surface area contributed by atoms with Gasteiger partial charge in [0.25, 0.3) is 10.0 Å². The average Bonchev–Trinajstić information content (AvgIpc) is 3.27. The summed E-state index contributed by atoms with van der Waals surface area (Å²) in [6.07, 6.45) is -1.70. The molecule has 0 spiro atoms. The van der Waals surface area contributed by atoms with Crippen molar-refractivity contribution in [3.8, 4) is 0 Å². The Kier molecular flexibility index (Phi) is 3.30. The lowest BCUT2D eigenvalue weighted by molar-refractivity contribution is -0.160. The van der Waals surface area contributed by atoms with Crippen molar-refractivity contribution in [2.24, 2.45) is 0 Å². The van der Waals surface area contributed by atoms with E-state index in [1.165, 1.54) is 6.20 Å². The Hall–Kier alpha value is -1.13. The number of nitrogens with zero attached hydrogens (tertiary/aromatic N) is 1. The fraction of sp³-hybridized carbons (Fsp3) is 0.727. The molecule has 0 unspecified atom stereocenters. The molecule has 1 aromatic heterocycles.